The van der Waals surface area contributed by atoms with E-state index in [0.29, 0.717) is 12.2 Å². The molecule has 6 heteroatoms. The Kier molecular flexibility index (Phi) is 6.36. The van der Waals surface area contributed by atoms with Crippen molar-refractivity contribution < 1.29 is 13.2 Å². The summed E-state index contributed by atoms with van der Waals surface area (Å²) in [6, 6.07) is 7.08. The molecule has 0 aliphatic rings. The van der Waals surface area contributed by atoms with E-state index in [1.165, 1.54) is 6.92 Å². The zero-order valence-corrected chi connectivity index (χ0v) is 13.6. The maximum atomic E-state index is 12.2. The maximum absolute atomic E-state index is 12.2. The molecule has 21 heavy (non-hydrogen) atoms. The molecule has 0 aliphatic heterocycles. The summed E-state index contributed by atoms with van der Waals surface area (Å²) in [5.74, 6) is -0.431. The Labute approximate surface area is 126 Å². The van der Waals surface area contributed by atoms with Gasteiger partial charge in [-0.3, -0.25) is 4.79 Å². The van der Waals surface area contributed by atoms with Crippen LogP contribution in [0.2, 0.25) is 0 Å². The fourth-order valence-electron chi connectivity index (χ4n) is 1.84. The molecule has 0 fully saturated rings. The van der Waals surface area contributed by atoms with Gasteiger partial charge in [0.15, 0.2) is 9.84 Å². The van der Waals surface area contributed by atoms with Crippen molar-refractivity contribution in [1.29, 1.82) is 0 Å². The lowest BCUT2D eigenvalue weighted by molar-refractivity contribution is -0.115. The number of hydrogen-bond acceptors (Lipinski definition) is 4. The van der Waals surface area contributed by atoms with Gasteiger partial charge in [0.05, 0.1) is 5.75 Å². The van der Waals surface area contributed by atoms with Crippen LogP contribution in [-0.4, -0.2) is 25.3 Å². The first-order valence-electron chi connectivity index (χ1n) is 7.11. The van der Waals surface area contributed by atoms with E-state index in [0.717, 1.165) is 12.0 Å². The van der Waals surface area contributed by atoms with Gasteiger partial charge in [0.1, 0.15) is 5.25 Å². The smallest absolute Gasteiger partial charge is 0.242 e. The second kappa shape index (κ2) is 7.56. The van der Waals surface area contributed by atoms with Gasteiger partial charge in [-0.1, -0.05) is 32.4 Å². The van der Waals surface area contributed by atoms with Crippen LogP contribution in [-0.2, 0) is 21.2 Å². The van der Waals surface area contributed by atoms with Crippen molar-refractivity contribution >= 4 is 21.4 Å². The van der Waals surface area contributed by atoms with Crippen LogP contribution in [0, 0.1) is 5.92 Å². The van der Waals surface area contributed by atoms with Gasteiger partial charge >= 0.3 is 0 Å². The number of carbonyl (C=O) groups is 1. The average Bonchev–Trinajstić information content (AvgIpc) is 2.45. The fraction of sp³-hybridized carbons (Fsp3) is 0.533. The van der Waals surface area contributed by atoms with Gasteiger partial charge in [0, 0.05) is 12.2 Å². The first kappa shape index (κ1) is 17.7. The molecule has 2 atom stereocenters. The number of nitrogens with one attached hydrogen (secondary N) is 1. The minimum absolute atomic E-state index is 0.0287. The fourth-order valence-corrected chi connectivity index (χ4v) is 3.54. The van der Waals surface area contributed by atoms with E-state index in [1.807, 2.05) is 19.9 Å². The molecule has 118 valence electrons. The normalized spacial score (nSPS) is 14.5. The largest absolute Gasteiger partial charge is 0.326 e. The molecule has 0 saturated carbocycles. The number of amides is 1. The van der Waals surface area contributed by atoms with Crippen molar-refractivity contribution in [2.75, 3.05) is 11.1 Å². The Morgan fingerprint density at radius 3 is 2.57 bits per heavy atom. The first-order chi connectivity index (χ1) is 9.80. The van der Waals surface area contributed by atoms with Crippen LogP contribution in [0.15, 0.2) is 24.3 Å². The summed E-state index contributed by atoms with van der Waals surface area (Å²) in [6.45, 7) is 5.60. The molecular formula is C15H24N2O3S. The predicted molar refractivity (Wildman–Crippen MR) is 85.7 cm³/mol. The SMILES string of the molecule is CCC(C)CS(=O)(=O)C(C)C(=O)Nc1cccc(CN)c1. The molecule has 1 aromatic carbocycles. The number of nitrogens with two attached hydrogens (primary N) is 1. The second-order valence-electron chi connectivity index (χ2n) is 5.38. The molecule has 1 amide bonds. The summed E-state index contributed by atoms with van der Waals surface area (Å²) in [5.41, 5.74) is 6.98. The van der Waals surface area contributed by atoms with E-state index in [2.05, 4.69) is 5.32 Å². The monoisotopic (exact) mass is 312 g/mol. The highest BCUT2D eigenvalue weighted by molar-refractivity contribution is 7.92. The van der Waals surface area contributed by atoms with Crippen molar-refractivity contribution in [3.63, 3.8) is 0 Å². The second-order valence-corrected chi connectivity index (χ2v) is 7.75. The summed E-state index contributed by atoms with van der Waals surface area (Å²) >= 11 is 0. The standard InChI is InChI=1S/C15H24N2O3S/c1-4-11(2)10-21(19,20)12(3)15(18)17-14-7-5-6-13(8-14)9-16/h5-8,11-12H,4,9-10,16H2,1-3H3,(H,17,18). The molecule has 0 radical (unpaired) electrons. The first-order valence-corrected chi connectivity index (χ1v) is 8.83. The van der Waals surface area contributed by atoms with Crippen molar-refractivity contribution in [3.05, 3.63) is 29.8 Å². The number of carbonyl (C=O) groups excluding carboxylic acids is 1. The molecule has 0 saturated heterocycles. The van der Waals surface area contributed by atoms with E-state index in [-0.39, 0.29) is 11.7 Å². The van der Waals surface area contributed by atoms with Gasteiger partial charge in [0.2, 0.25) is 5.91 Å². The van der Waals surface area contributed by atoms with Gasteiger partial charge in [-0.15, -0.1) is 0 Å². The minimum Gasteiger partial charge on any atom is -0.326 e. The topological polar surface area (TPSA) is 89.3 Å². The van der Waals surface area contributed by atoms with Gasteiger partial charge in [0.25, 0.3) is 0 Å². The van der Waals surface area contributed by atoms with Gasteiger partial charge in [-0.25, -0.2) is 8.42 Å². The summed E-state index contributed by atoms with van der Waals surface area (Å²) in [6.07, 6.45) is 0.770. The molecular weight excluding hydrogens is 288 g/mol. The van der Waals surface area contributed by atoms with Crippen LogP contribution >= 0.6 is 0 Å². The lowest BCUT2D eigenvalue weighted by Gasteiger charge is -2.16. The van der Waals surface area contributed by atoms with Crippen LogP contribution in [0.3, 0.4) is 0 Å². The molecule has 0 aromatic heterocycles. The van der Waals surface area contributed by atoms with Crippen molar-refractivity contribution in [2.24, 2.45) is 11.7 Å². The number of hydrogen-bond donors (Lipinski definition) is 2. The number of rotatable bonds is 7. The van der Waals surface area contributed by atoms with Crippen LogP contribution < -0.4 is 11.1 Å². The van der Waals surface area contributed by atoms with Crippen molar-refractivity contribution in [2.45, 2.75) is 39.0 Å². The van der Waals surface area contributed by atoms with E-state index in [4.69, 9.17) is 5.73 Å². The van der Waals surface area contributed by atoms with E-state index in [9.17, 15) is 13.2 Å². The Morgan fingerprint density at radius 2 is 2.00 bits per heavy atom. The molecule has 1 aromatic rings. The number of benzene rings is 1. The van der Waals surface area contributed by atoms with E-state index in [1.54, 1.807) is 18.2 Å². The molecule has 0 spiro atoms. The molecule has 3 N–H and O–H groups in total. The molecule has 0 aliphatic carbocycles. The average molecular weight is 312 g/mol. The summed E-state index contributed by atoms with van der Waals surface area (Å²) in [5, 5.41) is 1.58. The van der Waals surface area contributed by atoms with Crippen molar-refractivity contribution in [3.8, 4) is 0 Å². The van der Waals surface area contributed by atoms with Gasteiger partial charge in [-0.05, 0) is 30.5 Å². The lowest BCUT2D eigenvalue weighted by atomic mass is 10.2. The third-order valence-corrected chi connectivity index (χ3v) is 5.88. The summed E-state index contributed by atoms with van der Waals surface area (Å²) < 4.78 is 24.3. The third kappa shape index (κ3) is 5.13. The minimum atomic E-state index is -3.44. The Bertz CT molecular complexity index is 584. The zero-order chi connectivity index (χ0) is 16.0. The molecule has 5 nitrogen and oxygen atoms in total. The highest BCUT2D eigenvalue weighted by Crippen LogP contribution is 2.15. The third-order valence-electron chi connectivity index (χ3n) is 3.55. The van der Waals surface area contributed by atoms with Gasteiger partial charge < -0.3 is 11.1 Å². The molecule has 1 rings (SSSR count). The maximum Gasteiger partial charge on any atom is 0.242 e. The van der Waals surface area contributed by atoms with Crippen LogP contribution in [0.1, 0.15) is 32.8 Å². The van der Waals surface area contributed by atoms with Gasteiger partial charge in [-0.2, -0.15) is 0 Å². The molecule has 0 heterocycles. The highest BCUT2D eigenvalue weighted by Gasteiger charge is 2.29. The van der Waals surface area contributed by atoms with E-state index < -0.39 is 21.0 Å². The van der Waals surface area contributed by atoms with Crippen LogP contribution in [0.5, 0.6) is 0 Å². The zero-order valence-electron chi connectivity index (χ0n) is 12.8. The summed E-state index contributed by atoms with van der Waals surface area (Å²) in [4.78, 5) is 12.1. The Balaban J connectivity index is 2.78. The molecule has 2 unspecified atom stereocenters. The summed E-state index contributed by atoms with van der Waals surface area (Å²) in [7, 11) is -3.44. The lowest BCUT2D eigenvalue weighted by Crippen LogP contribution is -2.35. The number of anilines is 1. The van der Waals surface area contributed by atoms with Crippen LogP contribution in [0.25, 0.3) is 0 Å². The Morgan fingerprint density at radius 1 is 1.33 bits per heavy atom. The quantitative estimate of drug-likeness (QED) is 0.805. The molecule has 0 bridgehead atoms. The highest BCUT2D eigenvalue weighted by atomic mass is 32.2. The van der Waals surface area contributed by atoms with E-state index >= 15 is 0 Å². The predicted octanol–water partition coefficient (Wildman–Crippen LogP) is 1.93. The van der Waals surface area contributed by atoms with Crippen LogP contribution in [0.4, 0.5) is 5.69 Å². The van der Waals surface area contributed by atoms with Crippen molar-refractivity contribution in [1.82, 2.24) is 0 Å². The Hall–Kier alpha value is -1.40. The number of sulfone groups is 1.